The molecule has 2 N–H and O–H groups in total. The molecule has 0 radical (unpaired) electrons. The minimum Gasteiger partial charge on any atom is -0.386 e. The molecule has 1 amide bonds. The van der Waals surface area contributed by atoms with E-state index < -0.39 is 0 Å². The van der Waals surface area contributed by atoms with Crippen molar-refractivity contribution in [2.45, 2.75) is 6.92 Å². The van der Waals surface area contributed by atoms with Crippen molar-refractivity contribution in [2.24, 2.45) is 0 Å². The lowest BCUT2D eigenvalue weighted by atomic mass is 10.2. The highest BCUT2D eigenvalue weighted by Crippen LogP contribution is 2.22. The van der Waals surface area contributed by atoms with Gasteiger partial charge in [-0.05, 0) is 30.7 Å². The third-order valence-electron chi connectivity index (χ3n) is 2.76. The first-order chi connectivity index (χ1) is 9.11. The van der Waals surface area contributed by atoms with Gasteiger partial charge in [0.2, 0.25) is 0 Å². The lowest BCUT2D eigenvalue weighted by molar-refractivity contribution is 0.102. The Balaban J connectivity index is 2.23. The zero-order valence-electron chi connectivity index (χ0n) is 10.7. The van der Waals surface area contributed by atoms with Crippen LogP contribution < -0.4 is 10.6 Å². The molecule has 1 heterocycles. The summed E-state index contributed by atoms with van der Waals surface area (Å²) >= 11 is 3.45. The van der Waals surface area contributed by atoms with Gasteiger partial charge in [0, 0.05) is 23.4 Å². The van der Waals surface area contributed by atoms with Gasteiger partial charge in [-0.3, -0.25) is 9.78 Å². The van der Waals surface area contributed by atoms with Gasteiger partial charge < -0.3 is 10.6 Å². The van der Waals surface area contributed by atoms with Crippen LogP contribution >= 0.6 is 15.9 Å². The minimum atomic E-state index is -0.164. The number of anilines is 2. The van der Waals surface area contributed by atoms with E-state index in [1.165, 1.54) is 0 Å². The standard InChI is InChI=1S/C14H14BrN3O/c1-9-3-4-10(7-12(9)15)18-14(19)11-5-6-17-8-13(11)16-2/h3-8,16H,1-2H3,(H,18,19). The molecule has 0 fully saturated rings. The second-order valence-electron chi connectivity index (χ2n) is 4.09. The first-order valence-electron chi connectivity index (χ1n) is 5.81. The molecule has 0 bridgehead atoms. The summed E-state index contributed by atoms with van der Waals surface area (Å²) in [4.78, 5) is 16.2. The lowest BCUT2D eigenvalue weighted by Crippen LogP contribution is -2.14. The number of halogens is 1. The maximum absolute atomic E-state index is 12.2. The number of hydrogen-bond acceptors (Lipinski definition) is 3. The fraction of sp³-hybridized carbons (Fsp3) is 0.143. The number of carbonyl (C=O) groups excluding carboxylic acids is 1. The number of hydrogen-bond donors (Lipinski definition) is 2. The van der Waals surface area contributed by atoms with Crippen molar-refractivity contribution in [3.8, 4) is 0 Å². The van der Waals surface area contributed by atoms with Crippen LogP contribution in [0.3, 0.4) is 0 Å². The summed E-state index contributed by atoms with van der Waals surface area (Å²) in [6.45, 7) is 2.00. The largest absolute Gasteiger partial charge is 0.386 e. The quantitative estimate of drug-likeness (QED) is 0.911. The van der Waals surface area contributed by atoms with Gasteiger partial charge in [-0.2, -0.15) is 0 Å². The molecule has 0 aliphatic heterocycles. The van der Waals surface area contributed by atoms with E-state index in [1.807, 2.05) is 25.1 Å². The van der Waals surface area contributed by atoms with Crippen molar-refractivity contribution in [3.63, 3.8) is 0 Å². The molecular weight excluding hydrogens is 306 g/mol. The van der Waals surface area contributed by atoms with Crippen LogP contribution in [0.2, 0.25) is 0 Å². The number of rotatable bonds is 3. The van der Waals surface area contributed by atoms with Gasteiger partial charge in [0.25, 0.3) is 5.91 Å². The fourth-order valence-electron chi connectivity index (χ4n) is 1.66. The average Bonchev–Trinajstić information content (AvgIpc) is 2.43. The molecule has 2 rings (SSSR count). The molecule has 0 aliphatic carbocycles. The van der Waals surface area contributed by atoms with Gasteiger partial charge in [0.05, 0.1) is 17.4 Å². The monoisotopic (exact) mass is 319 g/mol. The number of aryl methyl sites for hydroxylation is 1. The summed E-state index contributed by atoms with van der Waals surface area (Å²) in [7, 11) is 1.76. The molecule has 5 heteroatoms. The highest BCUT2D eigenvalue weighted by Gasteiger charge is 2.11. The maximum atomic E-state index is 12.2. The molecule has 0 atom stereocenters. The van der Waals surface area contributed by atoms with Gasteiger partial charge >= 0.3 is 0 Å². The molecule has 0 saturated heterocycles. The van der Waals surface area contributed by atoms with E-state index in [1.54, 1.807) is 25.5 Å². The van der Waals surface area contributed by atoms with Crippen molar-refractivity contribution in [1.29, 1.82) is 0 Å². The summed E-state index contributed by atoms with van der Waals surface area (Å²) in [5, 5.41) is 5.81. The van der Waals surface area contributed by atoms with E-state index in [9.17, 15) is 4.79 Å². The lowest BCUT2D eigenvalue weighted by Gasteiger charge is -2.10. The van der Waals surface area contributed by atoms with Gasteiger partial charge in [0.15, 0.2) is 0 Å². The van der Waals surface area contributed by atoms with Crippen LogP contribution in [0, 0.1) is 6.92 Å². The van der Waals surface area contributed by atoms with E-state index >= 15 is 0 Å². The normalized spacial score (nSPS) is 10.1. The second-order valence-corrected chi connectivity index (χ2v) is 4.94. The van der Waals surface area contributed by atoms with E-state index in [-0.39, 0.29) is 5.91 Å². The number of pyridine rings is 1. The summed E-state index contributed by atoms with van der Waals surface area (Å²) in [6.07, 6.45) is 3.22. The number of carbonyl (C=O) groups is 1. The summed E-state index contributed by atoms with van der Waals surface area (Å²) < 4.78 is 0.967. The van der Waals surface area contributed by atoms with Gasteiger partial charge in [-0.15, -0.1) is 0 Å². The number of nitrogens with zero attached hydrogens (tertiary/aromatic N) is 1. The molecular formula is C14H14BrN3O. The van der Waals surface area contributed by atoms with E-state index in [2.05, 4.69) is 31.5 Å². The zero-order valence-corrected chi connectivity index (χ0v) is 12.3. The highest BCUT2D eigenvalue weighted by molar-refractivity contribution is 9.10. The van der Waals surface area contributed by atoms with Gasteiger partial charge in [-0.25, -0.2) is 0 Å². The predicted molar refractivity (Wildman–Crippen MR) is 80.6 cm³/mol. The molecule has 1 aromatic heterocycles. The second kappa shape index (κ2) is 5.84. The van der Waals surface area contributed by atoms with E-state index in [0.29, 0.717) is 11.3 Å². The maximum Gasteiger partial charge on any atom is 0.257 e. The van der Waals surface area contributed by atoms with Crippen molar-refractivity contribution in [1.82, 2.24) is 4.98 Å². The topological polar surface area (TPSA) is 54.0 Å². The smallest absolute Gasteiger partial charge is 0.257 e. The van der Waals surface area contributed by atoms with Crippen molar-refractivity contribution in [3.05, 3.63) is 52.3 Å². The molecule has 0 saturated carbocycles. The molecule has 19 heavy (non-hydrogen) atoms. The molecule has 2 aromatic rings. The number of aromatic nitrogens is 1. The number of amides is 1. The Labute approximate surface area is 120 Å². The summed E-state index contributed by atoms with van der Waals surface area (Å²) in [6, 6.07) is 7.39. The fourth-order valence-corrected chi connectivity index (χ4v) is 2.04. The van der Waals surface area contributed by atoms with E-state index in [0.717, 1.165) is 15.7 Å². The Morgan fingerprint density at radius 3 is 2.79 bits per heavy atom. The molecule has 1 aromatic carbocycles. The predicted octanol–water partition coefficient (Wildman–Crippen LogP) is 3.45. The first kappa shape index (κ1) is 13.5. The molecule has 0 unspecified atom stereocenters. The Morgan fingerprint density at radius 2 is 2.11 bits per heavy atom. The van der Waals surface area contributed by atoms with Crippen LogP contribution in [0.1, 0.15) is 15.9 Å². The molecule has 0 aliphatic rings. The first-order valence-corrected chi connectivity index (χ1v) is 6.60. The molecule has 4 nitrogen and oxygen atoms in total. The van der Waals surface area contributed by atoms with E-state index in [4.69, 9.17) is 0 Å². The van der Waals surface area contributed by atoms with Crippen LogP contribution in [0.15, 0.2) is 41.1 Å². The zero-order chi connectivity index (χ0) is 13.8. The number of benzene rings is 1. The van der Waals surface area contributed by atoms with Crippen LogP contribution in [0.25, 0.3) is 0 Å². The Hall–Kier alpha value is -1.88. The third kappa shape index (κ3) is 3.12. The van der Waals surface area contributed by atoms with Crippen LogP contribution in [-0.2, 0) is 0 Å². The van der Waals surface area contributed by atoms with Gasteiger partial charge in [0.1, 0.15) is 0 Å². The summed E-state index contributed by atoms with van der Waals surface area (Å²) in [5.41, 5.74) is 3.14. The molecule has 98 valence electrons. The van der Waals surface area contributed by atoms with Crippen molar-refractivity contribution >= 4 is 33.2 Å². The van der Waals surface area contributed by atoms with Crippen molar-refractivity contribution in [2.75, 3.05) is 17.7 Å². The Bertz CT molecular complexity index is 613. The minimum absolute atomic E-state index is 0.164. The van der Waals surface area contributed by atoms with Crippen LogP contribution in [0.4, 0.5) is 11.4 Å². The highest BCUT2D eigenvalue weighted by atomic mass is 79.9. The van der Waals surface area contributed by atoms with Gasteiger partial charge in [-0.1, -0.05) is 22.0 Å². The Kier molecular flexibility index (Phi) is 4.16. The Morgan fingerprint density at radius 1 is 1.32 bits per heavy atom. The number of nitrogens with one attached hydrogen (secondary N) is 2. The van der Waals surface area contributed by atoms with Crippen LogP contribution in [0.5, 0.6) is 0 Å². The van der Waals surface area contributed by atoms with Crippen LogP contribution in [-0.4, -0.2) is 17.9 Å². The SMILES string of the molecule is CNc1cnccc1C(=O)Nc1ccc(C)c(Br)c1. The average molecular weight is 320 g/mol. The van der Waals surface area contributed by atoms with Crippen molar-refractivity contribution < 1.29 is 4.79 Å². The summed E-state index contributed by atoms with van der Waals surface area (Å²) in [5.74, 6) is -0.164. The molecule has 0 spiro atoms. The third-order valence-corrected chi connectivity index (χ3v) is 3.62.